The molecule has 21 heavy (non-hydrogen) atoms. The van der Waals surface area contributed by atoms with Crippen LogP contribution in [0.3, 0.4) is 0 Å². The van der Waals surface area contributed by atoms with Gasteiger partial charge in [-0.1, -0.05) is 54.6 Å². The third kappa shape index (κ3) is 2.87. The van der Waals surface area contributed by atoms with Crippen LogP contribution < -0.4 is 0 Å². The van der Waals surface area contributed by atoms with Crippen LogP contribution in [0.1, 0.15) is 15.9 Å². The molecule has 3 heteroatoms. The van der Waals surface area contributed by atoms with E-state index in [2.05, 4.69) is 4.98 Å². The van der Waals surface area contributed by atoms with E-state index in [0.29, 0.717) is 5.56 Å². The van der Waals surface area contributed by atoms with Gasteiger partial charge in [-0.2, -0.15) is 0 Å². The maximum Gasteiger partial charge on any atom is 0.194 e. The smallest absolute Gasteiger partial charge is 0.194 e. The molecule has 0 N–H and O–H groups in total. The van der Waals surface area contributed by atoms with Gasteiger partial charge in [0.2, 0.25) is 0 Å². The zero-order valence-corrected chi connectivity index (χ0v) is 11.2. The van der Waals surface area contributed by atoms with Crippen molar-refractivity contribution >= 4 is 5.78 Å². The summed E-state index contributed by atoms with van der Waals surface area (Å²) in [5.74, 6) is -0.747. The quantitative estimate of drug-likeness (QED) is 0.674. The van der Waals surface area contributed by atoms with Crippen LogP contribution in [0.2, 0.25) is 0 Å². The lowest BCUT2D eigenvalue weighted by molar-refractivity contribution is 0.103. The number of hydrogen-bond donors (Lipinski definition) is 0. The van der Waals surface area contributed by atoms with Crippen LogP contribution in [-0.2, 0) is 0 Å². The van der Waals surface area contributed by atoms with E-state index in [1.807, 2.05) is 42.5 Å². The van der Waals surface area contributed by atoms with E-state index in [-0.39, 0.29) is 11.3 Å². The second kappa shape index (κ2) is 5.67. The van der Waals surface area contributed by atoms with Gasteiger partial charge in [-0.3, -0.25) is 9.78 Å². The molecule has 1 heterocycles. The molecule has 0 aliphatic carbocycles. The molecule has 1 aromatic heterocycles. The maximum atomic E-state index is 13.1. The molecule has 3 rings (SSSR count). The molecular formula is C18H12FNO. The van der Waals surface area contributed by atoms with Gasteiger partial charge in [0, 0.05) is 17.3 Å². The normalized spacial score (nSPS) is 10.3. The number of aromatic nitrogens is 1. The van der Waals surface area contributed by atoms with Crippen LogP contribution >= 0.6 is 0 Å². The fourth-order valence-corrected chi connectivity index (χ4v) is 2.15. The van der Waals surface area contributed by atoms with Gasteiger partial charge in [-0.25, -0.2) is 4.39 Å². The predicted molar refractivity (Wildman–Crippen MR) is 79.5 cm³/mol. The van der Waals surface area contributed by atoms with Gasteiger partial charge in [0.25, 0.3) is 0 Å². The van der Waals surface area contributed by atoms with Crippen molar-refractivity contribution in [1.82, 2.24) is 4.98 Å². The summed E-state index contributed by atoms with van der Waals surface area (Å²) in [5.41, 5.74) is 2.89. The lowest BCUT2D eigenvalue weighted by Crippen LogP contribution is -2.02. The number of halogens is 1. The number of rotatable bonds is 3. The summed E-state index contributed by atoms with van der Waals surface area (Å²) in [5, 5.41) is 0. The van der Waals surface area contributed by atoms with Gasteiger partial charge < -0.3 is 0 Å². The molecule has 2 aromatic carbocycles. The van der Waals surface area contributed by atoms with E-state index in [1.165, 1.54) is 12.3 Å². The number of carbonyl (C=O) groups excluding carboxylic acids is 1. The molecule has 0 aliphatic rings. The molecule has 0 spiro atoms. The fraction of sp³-hybridized carbons (Fsp3) is 0. The molecular weight excluding hydrogens is 265 g/mol. The SMILES string of the molecule is O=C(c1ccc(-c2ccccc2)cc1)c1cncc(F)c1. The average molecular weight is 277 g/mol. The molecule has 102 valence electrons. The van der Waals surface area contributed by atoms with Crippen LogP contribution in [0.5, 0.6) is 0 Å². The van der Waals surface area contributed by atoms with Crippen molar-refractivity contribution in [2.45, 2.75) is 0 Å². The standard InChI is InChI=1S/C18H12FNO/c19-17-10-16(11-20-12-17)18(21)15-8-6-14(7-9-15)13-4-2-1-3-5-13/h1-12H. The average Bonchev–Trinajstić information content (AvgIpc) is 2.55. The lowest BCUT2D eigenvalue weighted by atomic mass is 10.0. The van der Waals surface area contributed by atoms with Gasteiger partial charge in [0.15, 0.2) is 5.78 Å². The highest BCUT2D eigenvalue weighted by atomic mass is 19.1. The van der Waals surface area contributed by atoms with Gasteiger partial charge in [0.05, 0.1) is 6.20 Å². The molecule has 3 aromatic rings. The van der Waals surface area contributed by atoms with Crippen molar-refractivity contribution in [3.63, 3.8) is 0 Å². The summed E-state index contributed by atoms with van der Waals surface area (Å²) < 4.78 is 13.1. The Balaban J connectivity index is 1.89. The van der Waals surface area contributed by atoms with Crippen LogP contribution in [-0.4, -0.2) is 10.8 Å². The summed E-state index contributed by atoms with van der Waals surface area (Å²) in [4.78, 5) is 15.9. The van der Waals surface area contributed by atoms with E-state index in [1.54, 1.807) is 12.1 Å². The Labute approximate surface area is 121 Å². The molecule has 0 saturated heterocycles. The van der Waals surface area contributed by atoms with E-state index in [9.17, 15) is 9.18 Å². The van der Waals surface area contributed by atoms with Gasteiger partial charge >= 0.3 is 0 Å². The lowest BCUT2D eigenvalue weighted by Gasteiger charge is -2.04. The molecule has 0 unspecified atom stereocenters. The summed E-state index contributed by atoms with van der Waals surface area (Å²) in [6, 6.07) is 18.4. The number of ketones is 1. The van der Waals surface area contributed by atoms with Crippen LogP contribution in [0.15, 0.2) is 73.1 Å². The van der Waals surface area contributed by atoms with Gasteiger partial charge in [0.1, 0.15) is 5.82 Å². The number of carbonyl (C=O) groups is 1. The molecule has 0 amide bonds. The molecule has 0 saturated carbocycles. The minimum absolute atomic E-state index is 0.235. The molecule has 0 bridgehead atoms. The number of nitrogens with zero attached hydrogens (tertiary/aromatic N) is 1. The first-order valence-corrected chi connectivity index (χ1v) is 6.55. The van der Waals surface area contributed by atoms with Gasteiger partial charge in [-0.15, -0.1) is 0 Å². The highest BCUT2D eigenvalue weighted by Crippen LogP contribution is 2.20. The highest BCUT2D eigenvalue weighted by molar-refractivity contribution is 6.08. The van der Waals surface area contributed by atoms with E-state index < -0.39 is 5.82 Å². The van der Waals surface area contributed by atoms with Crippen LogP contribution in [0, 0.1) is 5.82 Å². The minimum Gasteiger partial charge on any atom is -0.289 e. The minimum atomic E-state index is -0.512. The fourth-order valence-electron chi connectivity index (χ4n) is 2.15. The van der Waals surface area contributed by atoms with Crippen LogP contribution in [0.4, 0.5) is 4.39 Å². The Morgan fingerprint density at radius 3 is 2.14 bits per heavy atom. The summed E-state index contributed by atoms with van der Waals surface area (Å²) in [7, 11) is 0. The zero-order valence-electron chi connectivity index (χ0n) is 11.2. The second-order valence-corrected chi connectivity index (χ2v) is 4.66. The van der Waals surface area contributed by atoms with Crippen LogP contribution in [0.25, 0.3) is 11.1 Å². The zero-order chi connectivity index (χ0) is 14.7. The first-order chi connectivity index (χ1) is 10.2. The summed E-state index contributed by atoms with van der Waals surface area (Å²) in [6.45, 7) is 0. The molecule has 0 aliphatic heterocycles. The third-order valence-electron chi connectivity index (χ3n) is 3.22. The highest BCUT2D eigenvalue weighted by Gasteiger charge is 2.10. The van der Waals surface area contributed by atoms with Gasteiger partial charge in [-0.05, 0) is 17.2 Å². The largest absolute Gasteiger partial charge is 0.289 e. The third-order valence-corrected chi connectivity index (χ3v) is 3.22. The Kier molecular flexibility index (Phi) is 3.56. The van der Waals surface area contributed by atoms with Crippen molar-refractivity contribution in [2.24, 2.45) is 0 Å². The van der Waals surface area contributed by atoms with E-state index in [0.717, 1.165) is 17.3 Å². The second-order valence-electron chi connectivity index (χ2n) is 4.66. The van der Waals surface area contributed by atoms with Crippen molar-refractivity contribution in [3.05, 3.63) is 90.0 Å². The molecule has 0 fully saturated rings. The monoisotopic (exact) mass is 277 g/mol. The molecule has 0 atom stereocenters. The Morgan fingerprint density at radius 2 is 1.48 bits per heavy atom. The molecule has 0 radical (unpaired) electrons. The Morgan fingerprint density at radius 1 is 0.810 bits per heavy atom. The first kappa shape index (κ1) is 13.2. The number of hydrogen-bond acceptors (Lipinski definition) is 2. The van der Waals surface area contributed by atoms with Crippen molar-refractivity contribution in [1.29, 1.82) is 0 Å². The number of benzene rings is 2. The topological polar surface area (TPSA) is 30.0 Å². The van der Waals surface area contributed by atoms with E-state index in [4.69, 9.17) is 0 Å². The summed E-state index contributed by atoms with van der Waals surface area (Å²) in [6.07, 6.45) is 2.45. The molecule has 2 nitrogen and oxygen atoms in total. The van der Waals surface area contributed by atoms with Crippen molar-refractivity contribution in [3.8, 4) is 11.1 Å². The Bertz CT molecular complexity index is 767. The predicted octanol–water partition coefficient (Wildman–Crippen LogP) is 4.12. The first-order valence-electron chi connectivity index (χ1n) is 6.55. The van der Waals surface area contributed by atoms with E-state index >= 15 is 0 Å². The van der Waals surface area contributed by atoms with Crippen molar-refractivity contribution in [2.75, 3.05) is 0 Å². The Hall–Kier alpha value is -2.81. The maximum absolute atomic E-state index is 13.1. The van der Waals surface area contributed by atoms with Crippen molar-refractivity contribution < 1.29 is 9.18 Å². The number of pyridine rings is 1. The summed E-state index contributed by atoms with van der Waals surface area (Å²) >= 11 is 0.